The maximum absolute atomic E-state index is 12.3. The van der Waals surface area contributed by atoms with Crippen LogP contribution in [-0.2, 0) is 0 Å². The molecule has 1 fully saturated rings. The fourth-order valence-corrected chi connectivity index (χ4v) is 2.95. The Morgan fingerprint density at radius 2 is 2.16 bits per heavy atom. The first-order chi connectivity index (χ1) is 9.24. The molecule has 0 atom stereocenters. The van der Waals surface area contributed by atoms with E-state index in [-0.39, 0.29) is 5.91 Å². The molecule has 1 aromatic carbocycles. The molecular weight excluding hydrogens is 236 g/mol. The lowest BCUT2D eigenvalue weighted by Gasteiger charge is -2.41. The van der Waals surface area contributed by atoms with Gasteiger partial charge in [-0.15, -0.1) is 0 Å². The lowest BCUT2D eigenvalue weighted by Crippen LogP contribution is -2.41. The molecule has 1 aliphatic rings. The second-order valence-corrected chi connectivity index (χ2v) is 5.64. The number of benzene rings is 1. The average Bonchev–Trinajstić information content (AvgIpc) is 2.81. The van der Waals surface area contributed by atoms with Crippen molar-refractivity contribution in [3.8, 4) is 0 Å². The number of H-pyrrole nitrogens is 1. The number of aromatic nitrogens is 1. The van der Waals surface area contributed by atoms with Crippen LogP contribution in [0.15, 0.2) is 30.5 Å². The van der Waals surface area contributed by atoms with Gasteiger partial charge in [0.25, 0.3) is 5.91 Å². The van der Waals surface area contributed by atoms with E-state index in [9.17, 15) is 4.79 Å². The number of aromatic amines is 1. The molecule has 1 saturated carbocycles. The lowest BCUT2D eigenvalue weighted by atomic mass is 9.67. The highest BCUT2D eigenvalue weighted by Gasteiger charge is 2.35. The Morgan fingerprint density at radius 1 is 1.37 bits per heavy atom. The average molecular weight is 256 g/mol. The zero-order chi connectivity index (χ0) is 13.3. The number of fused-ring (bicyclic) bond motifs is 1. The van der Waals surface area contributed by atoms with Gasteiger partial charge in [0, 0.05) is 23.6 Å². The minimum absolute atomic E-state index is 0.0391. The minimum atomic E-state index is 0.0391. The Labute approximate surface area is 113 Å². The number of amides is 1. The van der Waals surface area contributed by atoms with Gasteiger partial charge in [-0.2, -0.15) is 0 Å². The zero-order valence-corrected chi connectivity index (χ0v) is 11.3. The van der Waals surface area contributed by atoms with Crippen molar-refractivity contribution in [1.29, 1.82) is 0 Å². The molecule has 3 rings (SSSR count). The molecule has 0 bridgehead atoms. The first kappa shape index (κ1) is 12.3. The molecule has 0 spiro atoms. The molecule has 1 aliphatic carbocycles. The molecule has 1 aromatic heterocycles. The molecule has 0 unspecified atom stereocenters. The summed E-state index contributed by atoms with van der Waals surface area (Å²) in [6.07, 6.45) is 6.76. The van der Waals surface area contributed by atoms with Crippen molar-refractivity contribution in [3.05, 3.63) is 36.0 Å². The minimum Gasteiger partial charge on any atom is -0.360 e. The maximum atomic E-state index is 12.3. The maximum Gasteiger partial charge on any atom is 0.253 e. The summed E-state index contributed by atoms with van der Waals surface area (Å²) >= 11 is 0. The topological polar surface area (TPSA) is 44.9 Å². The molecule has 1 heterocycles. The number of carbonyl (C=O) groups is 1. The van der Waals surface area contributed by atoms with Crippen molar-refractivity contribution in [2.75, 3.05) is 6.54 Å². The number of hydrogen-bond donors (Lipinski definition) is 2. The predicted octanol–water partition coefficient (Wildman–Crippen LogP) is 3.48. The quantitative estimate of drug-likeness (QED) is 0.864. The van der Waals surface area contributed by atoms with Crippen molar-refractivity contribution in [3.63, 3.8) is 0 Å². The zero-order valence-electron chi connectivity index (χ0n) is 11.3. The summed E-state index contributed by atoms with van der Waals surface area (Å²) in [5, 5.41) is 4.11. The molecule has 3 nitrogen and oxygen atoms in total. The molecule has 2 N–H and O–H groups in total. The van der Waals surface area contributed by atoms with Gasteiger partial charge >= 0.3 is 0 Å². The van der Waals surface area contributed by atoms with Crippen molar-refractivity contribution in [1.82, 2.24) is 10.3 Å². The summed E-state index contributed by atoms with van der Waals surface area (Å²) in [5.74, 6) is 0.0391. The van der Waals surface area contributed by atoms with Gasteiger partial charge in [-0.25, -0.2) is 0 Å². The monoisotopic (exact) mass is 256 g/mol. The second-order valence-electron chi connectivity index (χ2n) is 5.64. The van der Waals surface area contributed by atoms with E-state index in [0.29, 0.717) is 5.41 Å². The highest BCUT2D eigenvalue weighted by atomic mass is 16.1. The number of para-hydroxylation sites is 1. The van der Waals surface area contributed by atoms with Crippen LogP contribution in [0.2, 0.25) is 0 Å². The number of rotatable bonds is 4. The van der Waals surface area contributed by atoms with E-state index < -0.39 is 0 Å². The largest absolute Gasteiger partial charge is 0.360 e. The number of nitrogens with one attached hydrogen (secondary N) is 2. The summed E-state index contributed by atoms with van der Waals surface area (Å²) in [4.78, 5) is 15.4. The molecule has 1 amide bonds. The normalized spacial score (nSPS) is 17.1. The Kier molecular flexibility index (Phi) is 3.05. The van der Waals surface area contributed by atoms with Crippen LogP contribution in [0.4, 0.5) is 0 Å². The van der Waals surface area contributed by atoms with Crippen LogP contribution in [0, 0.1) is 5.41 Å². The second kappa shape index (κ2) is 4.72. The molecule has 2 aromatic rings. The van der Waals surface area contributed by atoms with E-state index in [1.165, 1.54) is 19.3 Å². The Bertz CT molecular complexity index is 590. The highest BCUT2D eigenvalue weighted by molar-refractivity contribution is 6.06. The third-order valence-electron chi connectivity index (χ3n) is 4.62. The highest BCUT2D eigenvalue weighted by Crippen LogP contribution is 2.43. The van der Waals surface area contributed by atoms with Gasteiger partial charge in [0.05, 0.1) is 5.56 Å². The van der Waals surface area contributed by atoms with Crippen LogP contribution in [0.1, 0.15) is 43.0 Å². The fourth-order valence-electron chi connectivity index (χ4n) is 2.95. The van der Waals surface area contributed by atoms with Crippen molar-refractivity contribution in [2.24, 2.45) is 5.41 Å². The third kappa shape index (κ3) is 2.14. The van der Waals surface area contributed by atoms with E-state index in [1.54, 1.807) is 6.20 Å². The van der Waals surface area contributed by atoms with Gasteiger partial charge in [-0.3, -0.25) is 4.79 Å². The van der Waals surface area contributed by atoms with E-state index in [2.05, 4.69) is 17.2 Å². The van der Waals surface area contributed by atoms with E-state index in [1.807, 2.05) is 24.3 Å². The van der Waals surface area contributed by atoms with Gasteiger partial charge in [0.1, 0.15) is 0 Å². The first-order valence-corrected chi connectivity index (χ1v) is 7.08. The van der Waals surface area contributed by atoms with E-state index in [4.69, 9.17) is 0 Å². The summed E-state index contributed by atoms with van der Waals surface area (Å²) in [7, 11) is 0. The van der Waals surface area contributed by atoms with Gasteiger partial charge in [0.2, 0.25) is 0 Å². The number of carbonyl (C=O) groups excluding carboxylic acids is 1. The standard InChI is InChI=1S/C16H20N2O/c1-2-16(8-5-9-16)11-18-15(19)13-10-17-14-7-4-3-6-12(13)14/h3-4,6-7,10,17H,2,5,8-9,11H2,1H3,(H,18,19). The van der Waals surface area contributed by atoms with Gasteiger partial charge in [0.15, 0.2) is 0 Å². The summed E-state index contributed by atoms with van der Waals surface area (Å²) in [5.41, 5.74) is 2.13. The molecule has 19 heavy (non-hydrogen) atoms. The number of hydrogen-bond acceptors (Lipinski definition) is 1. The van der Waals surface area contributed by atoms with Crippen LogP contribution in [0.25, 0.3) is 10.9 Å². The van der Waals surface area contributed by atoms with Crippen LogP contribution in [0.3, 0.4) is 0 Å². The lowest BCUT2D eigenvalue weighted by molar-refractivity contribution is 0.0851. The molecule has 0 radical (unpaired) electrons. The predicted molar refractivity (Wildman–Crippen MR) is 77.2 cm³/mol. The smallest absolute Gasteiger partial charge is 0.253 e. The SMILES string of the molecule is CCC1(CNC(=O)c2c[nH]c3ccccc23)CCC1. The van der Waals surface area contributed by atoms with Crippen molar-refractivity contribution >= 4 is 16.8 Å². The Hall–Kier alpha value is -1.77. The van der Waals surface area contributed by atoms with E-state index in [0.717, 1.165) is 29.4 Å². The molecule has 0 aliphatic heterocycles. The van der Waals surface area contributed by atoms with Crippen LogP contribution in [-0.4, -0.2) is 17.4 Å². The Morgan fingerprint density at radius 3 is 2.84 bits per heavy atom. The third-order valence-corrected chi connectivity index (χ3v) is 4.62. The van der Waals surface area contributed by atoms with Gasteiger partial charge < -0.3 is 10.3 Å². The van der Waals surface area contributed by atoms with Crippen LogP contribution < -0.4 is 5.32 Å². The summed E-state index contributed by atoms with van der Waals surface area (Å²) in [6, 6.07) is 7.92. The molecule has 0 saturated heterocycles. The van der Waals surface area contributed by atoms with Crippen LogP contribution >= 0.6 is 0 Å². The summed E-state index contributed by atoms with van der Waals surface area (Å²) < 4.78 is 0. The first-order valence-electron chi connectivity index (χ1n) is 7.08. The Balaban J connectivity index is 1.73. The fraction of sp³-hybridized carbons (Fsp3) is 0.438. The van der Waals surface area contributed by atoms with Crippen LogP contribution in [0.5, 0.6) is 0 Å². The van der Waals surface area contributed by atoms with E-state index >= 15 is 0 Å². The summed E-state index contributed by atoms with van der Waals surface area (Å²) in [6.45, 7) is 3.03. The van der Waals surface area contributed by atoms with Crippen molar-refractivity contribution in [2.45, 2.75) is 32.6 Å². The van der Waals surface area contributed by atoms with Gasteiger partial charge in [-0.1, -0.05) is 31.5 Å². The molecular formula is C16H20N2O. The van der Waals surface area contributed by atoms with Crippen molar-refractivity contribution < 1.29 is 4.79 Å². The van der Waals surface area contributed by atoms with Gasteiger partial charge in [-0.05, 0) is 30.7 Å². The molecule has 100 valence electrons. The molecule has 3 heteroatoms.